The number of rotatable bonds is 4. The fraction of sp³-hybridized carbons (Fsp3) is 0.364. The van der Waals surface area contributed by atoms with Crippen molar-refractivity contribution in [1.82, 2.24) is 10.2 Å². The van der Waals surface area contributed by atoms with E-state index in [-0.39, 0.29) is 6.04 Å². The van der Waals surface area contributed by atoms with E-state index in [0.29, 0.717) is 0 Å². The molecule has 0 aliphatic rings. The van der Waals surface area contributed by atoms with E-state index in [0.717, 1.165) is 29.8 Å². The van der Waals surface area contributed by atoms with Crippen LogP contribution in [0.1, 0.15) is 19.0 Å². The Labute approximate surface area is 88.5 Å². The van der Waals surface area contributed by atoms with Crippen LogP contribution in [0.4, 0.5) is 0 Å². The summed E-state index contributed by atoms with van der Waals surface area (Å²) in [6, 6.07) is 4.10. The lowest BCUT2D eigenvalue weighted by molar-refractivity contribution is 0.568. The van der Waals surface area contributed by atoms with Crippen LogP contribution < -0.4 is 5.73 Å². The van der Waals surface area contributed by atoms with Crippen molar-refractivity contribution >= 4 is 0 Å². The Bertz CT molecular complexity index is 405. The molecule has 2 aromatic rings. The minimum absolute atomic E-state index is 0.197. The zero-order chi connectivity index (χ0) is 10.7. The molecule has 3 N–H and O–H groups in total. The number of aromatic nitrogens is 2. The van der Waals surface area contributed by atoms with Gasteiger partial charge in [-0.15, -0.1) is 0 Å². The van der Waals surface area contributed by atoms with E-state index in [1.54, 1.807) is 12.5 Å². The number of furan rings is 1. The van der Waals surface area contributed by atoms with Gasteiger partial charge < -0.3 is 10.2 Å². The highest BCUT2D eigenvalue weighted by molar-refractivity contribution is 5.57. The van der Waals surface area contributed by atoms with Gasteiger partial charge in [0.2, 0.25) is 0 Å². The van der Waals surface area contributed by atoms with Crippen molar-refractivity contribution in [1.29, 1.82) is 0 Å². The molecule has 0 spiro atoms. The molecule has 15 heavy (non-hydrogen) atoms. The molecule has 0 radical (unpaired) electrons. The normalized spacial score (nSPS) is 12.9. The summed E-state index contributed by atoms with van der Waals surface area (Å²) < 4.78 is 5.00. The maximum absolute atomic E-state index is 5.87. The molecule has 80 valence electrons. The maximum Gasteiger partial charge on any atom is 0.0997 e. The lowest BCUT2D eigenvalue weighted by Gasteiger charge is -2.04. The van der Waals surface area contributed by atoms with Crippen molar-refractivity contribution in [3.63, 3.8) is 0 Å². The van der Waals surface area contributed by atoms with E-state index in [9.17, 15) is 0 Å². The highest BCUT2D eigenvalue weighted by Gasteiger charge is 2.07. The van der Waals surface area contributed by atoms with Crippen molar-refractivity contribution in [2.75, 3.05) is 0 Å². The molecule has 4 nitrogen and oxygen atoms in total. The smallest absolute Gasteiger partial charge is 0.0997 e. The Morgan fingerprint density at radius 2 is 2.47 bits per heavy atom. The molecule has 0 aliphatic heterocycles. The van der Waals surface area contributed by atoms with Crippen LogP contribution in [-0.2, 0) is 6.42 Å². The van der Waals surface area contributed by atoms with Gasteiger partial charge in [-0.25, -0.2) is 0 Å². The fourth-order valence-corrected chi connectivity index (χ4v) is 1.45. The van der Waals surface area contributed by atoms with Crippen molar-refractivity contribution in [3.05, 3.63) is 30.4 Å². The third kappa shape index (κ3) is 2.27. The number of hydrogen-bond acceptors (Lipinski definition) is 3. The zero-order valence-electron chi connectivity index (χ0n) is 8.73. The van der Waals surface area contributed by atoms with Crippen molar-refractivity contribution in [3.8, 4) is 11.3 Å². The number of nitrogens with two attached hydrogens (primary N) is 1. The summed E-state index contributed by atoms with van der Waals surface area (Å²) in [6.07, 6.45) is 5.13. The lowest BCUT2D eigenvalue weighted by Crippen LogP contribution is -2.21. The third-order valence-electron chi connectivity index (χ3n) is 2.45. The summed E-state index contributed by atoms with van der Waals surface area (Å²) in [5.74, 6) is 0. The highest BCUT2D eigenvalue weighted by atomic mass is 16.3. The molecule has 2 aromatic heterocycles. The van der Waals surface area contributed by atoms with Gasteiger partial charge in [-0.2, -0.15) is 5.10 Å². The first-order valence-electron chi connectivity index (χ1n) is 5.12. The topological polar surface area (TPSA) is 67.8 Å². The fourth-order valence-electron chi connectivity index (χ4n) is 1.45. The zero-order valence-corrected chi connectivity index (χ0v) is 8.73. The predicted octanol–water partition coefficient (Wildman–Crippen LogP) is 1.95. The molecule has 0 fully saturated rings. The minimum atomic E-state index is 0.197. The number of aromatic amines is 1. The second-order valence-electron chi connectivity index (χ2n) is 3.66. The van der Waals surface area contributed by atoms with E-state index in [4.69, 9.17) is 10.2 Å². The van der Waals surface area contributed by atoms with Gasteiger partial charge in [-0.1, -0.05) is 6.92 Å². The molecule has 0 aromatic carbocycles. The van der Waals surface area contributed by atoms with Crippen LogP contribution in [0.5, 0.6) is 0 Å². The predicted molar refractivity (Wildman–Crippen MR) is 58.3 cm³/mol. The third-order valence-corrected chi connectivity index (χ3v) is 2.45. The highest BCUT2D eigenvalue weighted by Crippen LogP contribution is 2.18. The number of nitrogens with one attached hydrogen (secondary N) is 1. The van der Waals surface area contributed by atoms with Crippen molar-refractivity contribution in [2.24, 2.45) is 5.73 Å². The van der Waals surface area contributed by atoms with E-state index in [2.05, 4.69) is 17.1 Å². The molecule has 0 aliphatic carbocycles. The first-order valence-corrected chi connectivity index (χ1v) is 5.12. The van der Waals surface area contributed by atoms with Gasteiger partial charge >= 0.3 is 0 Å². The Morgan fingerprint density at radius 3 is 3.13 bits per heavy atom. The van der Waals surface area contributed by atoms with Crippen LogP contribution in [0.2, 0.25) is 0 Å². The van der Waals surface area contributed by atoms with Crippen LogP contribution in [0, 0.1) is 0 Å². The van der Waals surface area contributed by atoms with Crippen LogP contribution >= 0.6 is 0 Å². The van der Waals surface area contributed by atoms with Crippen molar-refractivity contribution < 1.29 is 4.42 Å². The summed E-state index contributed by atoms with van der Waals surface area (Å²) in [6.45, 7) is 2.08. The van der Waals surface area contributed by atoms with Crippen LogP contribution in [0.25, 0.3) is 11.3 Å². The van der Waals surface area contributed by atoms with Crippen LogP contribution in [-0.4, -0.2) is 16.2 Å². The quantitative estimate of drug-likeness (QED) is 0.801. The second-order valence-corrected chi connectivity index (χ2v) is 3.66. The Kier molecular flexibility index (Phi) is 2.87. The average Bonchev–Trinajstić information content (AvgIpc) is 2.85. The molecule has 1 unspecified atom stereocenters. The van der Waals surface area contributed by atoms with Gasteiger partial charge in [0, 0.05) is 23.7 Å². The molecule has 1 atom stereocenters. The number of hydrogen-bond donors (Lipinski definition) is 2. The summed E-state index contributed by atoms with van der Waals surface area (Å²) in [5, 5.41) is 7.19. The summed E-state index contributed by atoms with van der Waals surface area (Å²) >= 11 is 0. The molecular formula is C11H15N3O. The average molecular weight is 205 g/mol. The van der Waals surface area contributed by atoms with Gasteiger partial charge in [0.15, 0.2) is 0 Å². The van der Waals surface area contributed by atoms with Crippen molar-refractivity contribution in [2.45, 2.75) is 25.8 Å². The minimum Gasteiger partial charge on any atom is -0.472 e. The number of H-pyrrole nitrogens is 1. The molecule has 0 saturated carbocycles. The summed E-state index contributed by atoms with van der Waals surface area (Å²) in [4.78, 5) is 0. The Morgan fingerprint density at radius 1 is 1.60 bits per heavy atom. The summed E-state index contributed by atoms with van der Waals surface area (Å²) in [7, 11) is 0. The Hall–Kier alpha value is -1.55. The van der Waals surface area contributed by atoms with Gasteiger partial charge in [0.05, 0.1) is 18.2 Å². The molecule has 2 heterocycles. The number of nitrogens with zero attached hydrogens (tertiary/aromatic N) is 1. The van der Waals surface area contributed by atoms with Crippen LogP contribution in [0.15, 0.2) is 29.1 Å². The molecule has 0 saturated heterocycles. The van der Waals surface area contributed by atoms with E-state index >= 15 is 0 Å². The van der Waals surface area contributed by atoms with Crippen LogP contribution in [0.3, 0.4) is 0 Å². The maximum atomic E-state index is 5.87. The van der Waals surface area contributed by atoms with E-state index < -0.39 is 0 Å². The lowest BCUT2D eigenvalue weighted by atomic mass is 10.1. The molecular weight excluding hydrogens is 190 g/mol. The first kappa shape index (κ1) is 9.98. The molecule has 4 heteroatoms. The van der Waals surface area contributed by atoms with Gasteiger partial charge in [0.1, 0.15) is 0 Å². The summed E-state index contributed by atoms with van der Waals surface area (Å²) in [5.41, 5.74) is 8.83. The molecule has 0 bridgehead atoms. The van der Waals surface area contributed by atoms with Gasteiger partial charge in [-0.3, -0.25) is 5.10 Å². The monoisotopic (exact) mass is 205 g/mol. The Balaban J connectivity index is 2.11. The SMILES string of the molecule is CCC(N)Cc1cc(-c2ccoc2)n[nH]1. The molecule has 2 rings (SSSR count). The largest absolute Gasteiger partial charge is 0.472 e. The standard InChI is InChI=1S/C11H15N3O/c1-2-9(12)5-10-6-11(14-13-10)8-3-4-15-7-8/h3-4,6-7,9H,2,5,12H2,1H3,(H,13,14). The molecule has 0 amide bonds. The van der Waals surface area contributed by atoms with Gasteiger partial charge in [-0.05, 0) is 18.6 Å². The van der Waals surface area contributed by atoms with E-state index in [1.807, 2.05) is 12.1 Å². The first-order chi connectivity index (χ1) is 7.29. The second kappa shape index (κ2) is 4.31. The van der Waals surface area contributed by atoms with E-state index in [1.165, 1.54) is 0 Å². The van der Waals surface area contributed by atoms with Gasteiger partial charge in [0.25, 0.3) is 0 Å².